The molecule has 2 aromatic carbocycles. The average Bonchev–Trinajstić information content (AvgIpc) is 2.67. The zero-order valence-corrected chi connectivity index (χ0v) is 16.2. The molecule has 0 atom stereocenters. The maximum atomic E-state index is 5.31. The summed E-state index contributed by atoms with van der Waals surface area (Å²) in [5.41, 5.74) is 2.96. The number of hydrogen-bond acceptors (Lipinski definition) is 3. The first kappa shape index (κ1) is 18.3. The smallest absolute Gasteiger partial charge is 0.161 e. The number of fused-ring (bicyclic) bond motifs is 1. The summed E-state index contributed by atoms with van der Waals surface area (Å²) in [5, 5.41) is 1.14. The summed E-state index contributed by atoms with van der Waals surface area (Å²) in [6, 6.07) is 18.0. The van der Waals surface area contributed by atoms with Crippen LogP contribution in [-0.2, 0) is 0 Å². The number of nitrogens with zero attached hydrogens (tertiary/aromatic N) is 1. The van der Waals surface area contributed by atoms with Gasteiger partial charge in [0.1, 0.15) is 0 Å². The summed E-state index contributed by atoms with van der Waals surface area (Å²) in [7, 11) is 3.27. The van der Waals surface area contributed by atoms with E-state index >= 15 is 0 Å². The van der Waals surface area contributed by atoms with Gasteiger partial charge in [0.15, 0.2) is 11.5 Å². The predicted molar refractivity (Wildman–Crippen MR) is 110 cm³/mol. The summed E-state index contributed by atoms with van der Waals surface area (Å²) in [4.78, 5) is 6.59. The SMILES string of the molecule is CI.COc1ccc(/C=C/c2ccc3ccccc3n2)cc1OC. The van der Waals surface area contributed by atoms with Gasteiger partial charge < -0.3 is 9.47 Å². The number of halogens is 1. The lowest BCUT2D eigenvalue weighted by Crippen LogP contribution is -1.90. The van der Waals surface area contributed by atoms with Crippen LogP contribution in [0.3, 0.4) is 0 Å². The fourth-order valence-corrected chi connectivity index (χ4v) is 2.31. The third-order valence-corrected chi connectivity index (χ3v) is 3.47. The third kappa shape index (κ3) is 4.47. The topological polar surface area (TPSA) is 31.4 Å². The molecule has 0 saturated heterocycles. The largest absolute Gasteiger partial charge is 0.493 e. The Morgan fingerprint density at radius 1 is 0.833 bits per heavy atom. The first-order valence-corrected chi connectivity index (χ1v) is 9.59. The van der Waals surface area contributed by atoms with E-state index in [0.29, 0.717) is 0 Å². The van der Waals surface area contributed by atoms with Crippen molar-refractivity contribution >= 4 is 45.6 Å². The minimum absolute atomic E-state index is 0.719. The molecule has 1 aromatic heterocycles. The normalized spacial score (nSPS) is 10.3. The first-order chi connectivity index (χ1) is 11.8. The van der Waals surface area contributed by atoms with Crippen molar-refractivity contribution in [1.82, 2.24) is 4.98 Å². The van der Waals surface area contributed by atoms with Gasteiger partial charge in [-0.2, -0.15) is 0 Å². The number of pyridine rings is 1. The van der Waals surface area contributed by atoms with E-state index in [9.17, 15) is 0 Å². The van der Waals surface area contributed by atoms with Crippen LogP contribution in [0, 0.1) is 0 Å². The summed E-state index contributed by atoms with van der Waals surface area (Å²) in [5.74, 6) is 1.44. The number of ether oxygens (including phenoxy) is 2. The van der Waals surface area contributed by atoms with Gasteiger partial charge in [0.05, 0.1) is 25.4 Å². The molecule has 0 N–H and O–H groups in total. The predicted octanol–water partition coefficient (Wildman–Crippen LogP) is 5.47. The summed E-state index contributed by atoms with van der Waals surface area (Å²) < 4.78 is 10.6. The van der Waals surface area contributed by atoms with Crippen molar-refractivity contribution in [3.05, 3.63) is 65.9 Å². The Balaban J connectivity index is 0.00000100. The first-order valence-electron chi connectivity index (χ1n) is 7.44. The second kappa shape index (κ2) is 9.27. The number of methoxy groups -OCH3 is 2. The number of aromatic nitrogens is 1. The van der Waals surface area contributed by atoms with Crippen LogP contribution in [0.15, 0.2) is 54.6 Å². The molecule has 4 heteroatoms. The highest BCUT2D eigenvalue weighted by Gasteiger charge is 2.02. The molecule has 24 heavy (non-hydrogen) atoms. The van der Waals surface area contributed by atoms with Gasteiger partial charge in [-0.15, -0.1) is 0 Å². The van der Waals surface area contributed by atoms with E-state index in [2.05, 4.69) is 39.7 Å². The van der Waals surface area contributed by atoms with E-state index in [-0.39, 0.29) is 0 Å². The lowest BCUT2D eigenvalue weighted by Gasteiger charge is -2.07. The van der Waals surface area contributed by atoms with Crippen molar-refractivity contribution in [2.75, 3.05) is 19.2 Å². The van der Waals surface area contributed by atoms with Gasteiger partial charge in [-0.25, -0.2) is 4.98 Å². The van der Waals surface area contributed by atoms with E-state index in [1.807, 2.05) is 59.5 Å². The summed E-state index contributed by atoms with van der Waals surface area (Å²) >= 11 is 2.15. The van der Waals surface area contributed by atoms with Crippen molar-refractivity contribution in [3.63, 3.8) is 0 Å². The molecule has 0 aliphatic carbocycles. The Hall–Kier alpha value is -2.08. The molecule has 3 rings (SSSR count). The van der Waals surface area contributed by atoms with E-state index < -0.39 is 0 Å². The fourth-order valence-electron chi connectivity index (χ4n) is 2.31. The van der Waals surface area contributed by atoms with Gasteiger partial charge in [-0.3, -0.25) is 0 Å². The molecule has 3 nitrogen and oxygen atoms in total. The van der Waals surface area contributed by atoms with Gasteiger partial charge in [-0.1, -0.05) is 59.0 Å². The van der Waals surface area contributed by atoms with Crippen molar-refractivity contribution in [2.24, 2.45) is 0 Å². The lowest BCUT2D eigenvalue weighted by atomic mass is 10.1. The minimum Gasteiger partial charge on any atom is -0.493 e. The molecule has 0 radical (unpaired) electrons. The van der Waals surface area contributed by atoms with E-state index in [1.165, 1.54) is 0 Å². The maximum Gasteiger partial charge on any atom is 0.161 e. The van der Waals surface area contributed by atoms with Crippen LogP contribution in [-0.4, -0.2) is 24.1 Å². The number of benzene rings is 2. The molecule has 124 valence electrons. The van der Waals surface area contributed by atoms with Crippen LogP contribution in [0.25, 0.3) is 23.1 Å². The molecule has 0 fully saturated rings. The Kier molecular flexibility index (Phi) is 7.06. The van der Waals surface area contributed by atoms with Crippen LogP contribution in [0.2, 0.25) is 0 Å². The Morgan fingerprint density at radius 3 is 2.33 bits per heavy atom. The number of para-hydroxylation sites is 1. The molecule has 0 saturated carbocycles. The number of hydrogen-bond donors (Lipinski definition) is 0. The maximum absolute atomic E-state index is 5.31. The highest BCUT2D eigenvalue weighted by molar-refractivity contribution is 14.1. The molecule has 3 aromatic rings. The second-order valence-electron chi connectivity index (χ2n) is 4.88. The standard InChI is InChI=1S/C19H17NO2.CH3I/c1-21-18-12-8-14(13-19(18)22-2)7-10-16-11-9-15-5-3-4-6-17(15)20-16;1-2/h3-13H,1-2H3;1H3/b10-7+;. The summed E-state index contributed by atoms with van der Waals surface area (Å²) in [6.07, 6.45) is 4.01. The monoisotopic (exact) mass is 433 g/mol. The summed E-state index contributed by atoms with van der Waals surface area (Å²) in [6.45, 7) is 0. The van der Waals surface area contributed by atoms with Crippen LogP contribution in [0.5, 0.6) is 11.5 Å². The lowest BCUT2D eigenvalue weighted by molar-refractivity contribution is 0.355. The van der Waals surface area contributed by atoms with Crippen LogP contribution in [0.4, 0.5) is 0 Å². The second-order valence-corrected chi connectivity index (χ2v) is 4.88. The number of alkyl halides is 1. The molecule has 0 unspecified atom stereocenters. The van der Waals surface area contributed by atoms with Crippen LogP contribution in [0.1, 0.15) is 11.3 Å². The Bertz CT molecular complexity index is 831. The number of rotatable bonds is 4. The van der Waals surface area contributed by atoms with E-state index in [4.69, 9.17) is 9.47 Å². The van der Waals surface area contributed by atoms with Crippen LogP contribution >= 0.6 is 22.6 Å². The molecule has 0 spiro atoms. The Morgan fingerprint density at radius 2 is 1.58 bits per heavy atom. The molecular formula is C20H20INO2. The highest BCUT2D eigenvalue weighted by atomic mass is 127. The van der Waals surface area contributed by atoms with Gasteiger partial charge in [0.25, 0.3) is 0 Å². The van der Waals surface area contributed by atoms with Crippen molar-refractivity contribution in [3.8, 4) is 11.5 Å². The molecule has 0 aliphatic heterocycles. The van der Waals surface area contributed by atoms with Crippen molar-refractivity contribution < 1.29 is 9.47 Å². The van der Waals surface area contributed by atoms with Crippen LogP contribution < -0.4 is 9.47 Å². The van der Waals surface area contributed by atoms with Gasteiger partial charge in [0.2, 0.25) is 0 Å². The van der Waals surface area contributed by atoms with Gasteiger partial charge in [-0.05, 0) is 40.8 Å². The molecule has 0 aliphatic rings. The van der Waals surface area contributed by atoms with Crippen molar-refractivity contribution in [1.29, 1.82) is 0 Å². The average molecular weight is 433 g/mol. The molecule has 1 heterocycles. The van der Waals surface area contributed by atoms with Gasteiger partial charge in [0, 0.05) is 5.39 Å². The van der Waals surface area contributed by atoms with Gasteiger partial charge >= 0.3 is 0 Å². The highest BCUT2D eigenvalue weighted by Crippen LogP contribution is 2.28. The van der Waals surface area contributed by atoms with E-state index in [1.54, 1.807) is 14.2 Å². The molecule has 0 bridgehead atoms. The molecule has 0 amide bonds. The third-order valence-electron chi connectivity index (χ3n) is 3.47. The Labute approximate surface area is 156 Å². The van der Waals surface area contributed by atoms with E-state index in [0.717, 1.165) is 33.7 Å². The molecular weight excluding hydrogens is 413 g/mol. The fraction of sp³-hybridized carbons (Fsp3) is 0.150. The van der Waals surface area contributed by atoms with Crippen molar-refractivity contribution in [2.45, 2.75) is 0 Å². The zero-order valence-electron chi connectivity index (χ0n) is 14.0. The quantitative estimate of drug-likeness (QED) is 0.404. The minimum atomic E-state index is 0.719. The zero-order chi connectivity index (χ0) is 17.4.